The summed E-state index contributed by atoms with van der Waals surface area (Å²) in [5.74, 6) is 1.38. The molecule has 0 spiro atoms. The van der Waals surface area contributed by atoms with Crippen LogP contribution in [0.5, 0.6) is 0 Å². The van der Waals surface area contributed by atoms with Crippen LogP contribution >= 0.6 is 35.7 Å². The number of thiocarbonyl (C=S) groups is 1. The van der Waals surface area contributed by atoms with Crippen molar-refractivity contribution >= 4 is 57.7 Å². The number of benzene rings is 2. The first-order chi connectivity index (χ1) is 14.1. The van der Waals surface area contributed by atoms with Crippen molar-refractivity contribution in [1.82, 2.24) is 0 Å². The maximum Gasteiger partial charge on any atom is 0.270 e. The van der Waals surface area contributed by atoms with Gasteiger partial charge in [-0.25, -0.2) is 0 Å². The van der Waals surface area contributed by atoms with Gasteiger partial charge in [-0.2, -0.15) is 0 Å². The van der Waals surface area contributed by atoms with Crippen LogP contribution < -0.4 is 4.90 Å². The number of carbonyl (C=O) groups is 1. The summed E-state index contributed by atoms with van der Waals surface area (Å²) in [5.41, 5.74) is 3.27. The third-order valence-corrected chi connectivity index (χ3v) is 6.78. The molecule has 0 radical (unpaired) electrons. The molecule has 0 bridgehead atoms. The Bertz CT molecular complexity index is 1060. The summed E-state index contributed by atoms with van der Waals surface area (Å²) in [6.45, 7) is 2.10. The van der Waals surface area contributed by atoms with E-state index in [0.29, 0.717) is 15.0 Å². The summed E-state index contributed by atoms with van der Waals surface area (Å²) >= 11 is 8.38. The summed E-state index contributed by atoms with van der Waals surface area (Å²) in [7, 11) is 0. The lowest BCUT2D eigenvalue weighted by atomic mass is 10.1. The Labute approximate surface area is 184 Å². The zero-order chi connectivity index (χ0) is 20.2. The second-order valence-electron chi connectivity index (χ2n) is 6.47. The van der Waals surface area contributed by atoms with Crippen molar-refractivity contribution in [1.29, 1.82) is 0 Å². The van der Waals surface area contributed by atoms with Gasteiger partial charge in [-0.1, -0.05) is 85.1 Å². The van der Waals surface area contributed by atoms with Gasteiger partial charge in [0.1, 0.15) is 5.76 Å². The standard InChI is InChI=1S/C23H19NO2S3/c1-2-16-8-10-18(11-9-16)24-22(25)20(29-23(24)27)14-19-12-13-21(26-19)28-15-17-6-4-3-5-7-17/h3-14H,2,15H2,1H3/b20-14-. The van der Waals surface area contributed by atoms with E-state index >= 15 is 0 Å². The molecule has 6 heteroatoms. The maximum atomic E-state index is 12.9. The highest BCUT2D eigenvalue weighted by Gasteiger charge is 2.33. The smallest absolute Gasteiger partial charge is 0.270 e. The Kier molecular flexibility index (Phi) is 6.23. The Hall–Kier alpha value is -2.28. The zero-order valence-electron chi connectivity index (χ0n) is 15.8. The van der Waals surface area contributed by atoms with Gasteiger partial charge in [-0.15, -0.1) is 0 Å². The number of hydrogen-bond acceptors (Lipinski definition) is 5. The third-order valence-electron chi connectivity index (χ3n) is 4.50. The van der Waals surface area contributed by atoms with E-state index in [0.717, 1.165) is 23.0 Å². The predicted molar refractivity (Wildman–Crippen MR) is 126 cm³/mol. The molecule has 1 aliphatic rings. The van der Waals surface area contributed by atoms with Gasteiger partial charge in [0.25, 0.3) is 5.91 Å². The summed E-state index contributed by atoms with van der Waals surface area (Å²) < 4.78 is 6.42. The van der Waals surface area contributed by atoms with E-state index in [9.17, 15) is 4.79 Å². The number of hydrogen-bond donors (Lipinski definition) is 0. The van der Waals surface area contributed by atoms with E-state index in [4.69, 9.17) is 16.6 Å². The molecule has 1 saturated heterocycles. The maximum absolute atomic E-state index is 12.9. The van der Waals surface area contributed by atoms with Crippen molar-refractivity contribution in [3.8, 4) is 0 Å². The van der Waals surface area contributed by atoms with Crippen LogP contribution in [0.15, 0.2) is 81.1 Å². The quantitative estimate of drug-likeness (QED) is 0.248. The molecule has 29 heavy (non-hydrogen) atoms. The molecule has 3 aromatic rings. The molecular weight excluding hydrogens is 418 g/mol. The average molecular weight is 438 g/mol. The first-order valence-corrected chi connectivity index (χ1v) is 11.5. The molecule has 2 aromatic carbocycles. The first kappa shape index (κ1) is 20.0. The summed E-state index contributed by atoms with van der Waals surface area (Å²) in [4.78, 5) is 15.1. The number of amides is 1. The fraction of sp³-hybridized carbons (Fsp3) is 0.130. The van der Waals surface area contributed by atoms with Gasteiger partial charge >= 0.3 is 0 Å². The Balaban J connectivity index is 1.46. The highest BCUT2D eigenvalue weighted by molar-refractivity contribution is 8.27. The largest absolute Gasteiger partial charge is 0.450 e. The SMILES string of the molecule is CCc1ccc(N2C(=O)/C(=C/c3ccc(SCc4ccccc4)o3)SC2=S)cc1. The Morgan fingerprint density at radius 2 is 1.79 bits per heavy atom. The van der Waals surface area contributed by atoms with E-state index in [1.807, 2.05) is 54.6 Å². The molecule has 0 N–H and O–H groups in total. The molecule has 1 aromatic heterocycles. The van der Waals surface area contributed by atoms with Crippen LogP contribution in [-0.4, -0.2) is 10.2 Å². The minimum atomic E-state index is -0.112. The first-order valence-electron chi connectivity index (χ1n) is 9.27. The lowest BCUT2D eigenvalue weighted by Gasteiger charge is -2.14. The van der Waals surface area contributed by atoms with E-state index in [-0.39, 0.29) is 5.91 Å². The van der Waals surface area contributed by atoms with Crippen LogP contribution in [0.25, 0.3) is 6.08 Å². The minimum absolute atomic E-state index is 0.112. The fourth-order valence-corrected chi connectivity index (χ4v) is 5.02. The predicted octanol–water partition coefficient (Wildman–Crippen LogP) is 6.54. The second-order valence-corrected chi connectivity index (χ2v) is 9.12. The van der Waals surface area contributed by atoms with E-state index in [1.54, 1.807) is 22.7 Å². The molecule has 1 fully saturated rings. The highest BCUT2D eigenvalue weighted by Crippen LogP contribution is 2.36. The number of anilines is 1. The third kappa shape index (κ3) is 4.66. The fourth-order valence-electron chi connectivity index (χ4n) is 2.92. The van der Waals surface area contributed by atoms with Crippen molar-refractivity contribution in [2.75, 3.05) is 4.90 Å². The van der Waals surface area contributed by atoms with Crippen LogP contribution in [0.4, 0.5) is 5.69 Å². The van der Waals surface area contributed by atoms with Crippen LogP contribution in [0.3, 0.4) is 0 Å². The molecule has 1 amide bonds. The second kappa shape index (κ2) is 9.03. The highest BCUT2D eigenvalue weighted by atomic mass is 32.2. The number of thioether (sulfide) groups is 2. The van der Waals surface area contributed by atoms with E-state index in [2.05, 4.69) is 19.1 Å². The molecule has 3 nitrogen and oxygen atoms in total. The molecule has 0 aliphatic carbocycles. The molecule has 0 saturated carbocycles. The molecule has 146 valence electrons. The van der Waals surface area contributed by atoms with Gasteiger partial charge in [0.2, 0.25) is 0 Å². The molecule has 4 rings (SSSR count). The summed E-state index contributed by atoms with van der Waals surface area (Å²) in [6.07, 6.45) is 2.73. The number of furan rings is 1. The van der Waals surface area contributed by atoms with E-state index < -0.39 is 0 Å². The number of rotatable bonds is 6. The molecule has 0 unspecified atom stereocenters. The average Bonchev–Trinajstić information content (AvgIpc) is 3.31. The van der Waals surface area contributed by atoms with Gasteiger partial charge in [-0.3, -0.25) is 9.69 Å². The number of aryl methyl sites for hydroxylation is 1. The summed E-state index contributed by atoms with van der Waals surface area (Å²) in [6, 6.07) is 22.0. The van der Waals surface area contributed by atoms with Crippen LogP contribution in [-0.2, 0) is 17.0 Å². The van der Waals surface area contributed by atoms with Crippen molar-refractivity contribution in [3.63, 3.8) is 0 Å². The zero-order valence-corrected chi connectivity index (χ0v) is 18.3. The van der Waals surface area contributed by atoms with Gasteiger partial charge in [0.15, 0.2) is 9.41 Å². The molecule has 0 atom stereocenters. The van der Waals surface area contributed by atoms with Crippen molar-refractivity contribution in [3.05, 3.63) is 88.5 Å². The minimum Gasteiger partial charge on any atom is -0.450 e. The Morgan fingerprint density at radius 1 is 1.03 bits per heavy atom. The van der Waals surface area contributed by atoms with Gasteiger partial charge < -0.3 is 4.42 Å². The van der Waals surface area contributed by atoms with Gasteiger partial charge in [0, 0.05) is 11.8 Å². The van der Waals surface area contributed by atoms with Crippen molar-refractivity contribution in [2.45, 2.75) is 24.2 Å². The lowest BCUT2D eigenvalue weighted by Crippen LogP contribution is -2.27. The normalized spacial score (nSPS) is 15.5. The van der Waals surface area contributed by atoms with Crippen LogP contribution in [0.2, 0.25) is 0 Å². The van der Waals surface area contributed by atoms with Crippen LogP contribution in [0.1, 0.15) is 23.8 Å². The topological polar surface area (TPSA) is 33.5 Å². The number of carbonyl (C=O) groups excluding carboxylic acids is 1. The molecule has 2 heterocycles. The lowest BCUT2D eigenvalue weighted by molar-refractivity contribution is -0.113. The van der Waals surface area contributed by atoms with Gasteiger partial charge in [-0.05, 0) is 41.8 Å². The monoisotopic (exact) mass is 437 g/mol. The van der Waals surface area contributed by atoms with Crippen molar-refractivity contribution < 1.29 is 9.21 Å². The van der Waals surface area contributed by atoms with E-state index in [1.165, 1.54) is 22.9 Å². The Morgan fingerprint density at radius 3 is 2.52 bits per heavy atom. The number of nitrogens with zero attached hydrogens (tertiary/aromatic N) is 1. The molecular formula is C23H19NO2S3. The summed E-state index contributed by atoms with van der Waals surface area (Å²) in [5, 5.41) is 0.825. The molecule has 1 aliphatic heterocycles. The van der Waals surface area contributed by atoms with Crippen LogP contribution in [0, 0.1) is 0 Å². The van der Waals surface area contributed by atoms with Gasteiger partial charge in [0.05, 0.1) is 10.6 Å². The van der Waals surface area contributed by atoms with Crippen molar-refractivity contribution in [2.24, 2.45) is 0 Å².